The SMILES string of the molecule is COc1ccc(-c2nc(CCN)[nH]c2C)c(C)c1C. The van der Waals surface area contributed by atoms with Gasteiger partial charge in [-0.1, -0.05) is 0 Å². The summed E-state index contributed by atoms with van der Waals surface area (Å²) < 4.78 is 5.35. The summed E-state index contributed by atoms with van der Waals surface area (Å²) in [5.74, 6) is 1.86. The van der Waals surface area contributed by atoms with Crippen molar-refractivity contribution in [1.29, 1.82) is 0 Å². The van der Waals surface area contributed by atoms with E-state index in [1.807, 2.05) is 13.0 Å². The van der Waals surface area contributed by atoms with Crippen LogP contribution in [-0.2, 0) is 6.42 Å². The van der Waals surface area contributed by atoms with Crippen molar-refractivity contribution in [3.63, 3.8) is 0 Å². The summed E-state index contributed by atoms with van der Waals surface area (Å²) in [7, 11) is 1.70. The van der Waals surface area contributed by atoms with E-state index < -0.39 is 0 Å². The van der Waals surface area contributed by atoms with E-state index >= 15 is 0 Å². The molecule has 0 spiro atoms. The van der Waals surface area contributed by atoms with Gasteiger partial charge in [-0.25, -0.2) is 4.98 Å². The molecule has 19 heavy (non-hydrogen) atoms. The molecule has 0 fully saturated rings. The highest BCUT2D eigenvalue weighted by molar-refractivity contribution is 5.69. The number of aryl methyl sites for hydroxylation is 1. The number of H-pyrrole nitrogens is 1. The van der Waals surface area contributed by atoms with Gasteiger partial charge in [-0.05, 0) is 50.6 Å². The van der Waals surface area contributed by atoms with E-state index in [2.05, 4.69) is 29.9 Å². The zero-order valence-electron chi connectivity index (χ0n) is 12.0. The number of hydrogen-bond acceptors (Lipinski definition) is 3. The molecule has 0 aliphatic carbocycles. The highest BCUT2D eigenvalue weighted by Gasteiger charge is 2.14. The quantitative estimate of drug-likeness (QED) is 0.886. The molecule has 0 atom stereocenters. The van der Waals surface area contributed by atoms with E-state index in [0.29, 0.717) is 6.54 Å². The third-order valence-corrected chi connectivity index (χ3v) is 3.53. The van der Waals surface area contributed by atoms with Crippen molar-refractivity contribution >= 4 is 0 Å². The lowest BCUT2D eigenvalue weighted by atomic mass is 9.99. The number of rotatable bonds is 4. The average molecular weight is 259 g/mol. The smallest absolute Gasteiger partial charge is 0.122 e. The van der Waals surface area contributed by atoms with Gasteiger partial charge in [-0.3, -0.25) is 0 Å². The summed E-state index contributed by atoms with van der Waals surface area (Å²) in [5.41, 5.74) is 11.2. The number of benzene rings is 1. The van der Waals surface area contributed by atoms with E-state index in [1.54, 1.807) is 7.11 Å². The van der Waals surface area contributed by atoms with E-state index in [-0.39, 0.29) is 0 Å². The summed E-state index contributed by atoms with van der Waals surface area (Å²) in [5, 5.41) is 0. The van der Waals surface area contributed by atoms with Gasteiger partial charge in [0.05, 0.1) is 12.8 Å². The topological polar surface area (TPSA) is 63.9 Å². The number of nitrogens with one attached hydrogen (secondary N) is 1. The van der Waals surface area contributed by atoms with E-state index in [9.17, 15) is 0 Å². The number of methoxy groups -OCH3 is 1. The first-order valence-electron chi connectivity index (χ1n) is 6.48. The summed E-state index contributed by atoms with van der Waals surface area (Å²) in [6, 6.07) is 4.06. The van der Waals surface area contributed by atoms with Crippen molar-refractivity contribution in [3.05, 3.63) is 34.8 Å². The Morgan fingerprint density at radius 1 is 1.21 bits per heavy atom. The molecule has 0 unspecified atom stereocenters. The first-order chi connectivity index (χ1) is 9.08. The summed E-state index contributed by atoms with van der Waals surface area (Å²) >= 11 is 0. The molecule has 4 nitrogen and oxygen atoms in total. The van der Waals surface area contributed by atoms with Crippen molar-refractivity contribution in [3.8, 4) is 17.0 Å². The fourth-order valence-corrected chi connectivity index (χ4v) is 2.31. The Hall–Kier alpha value is -1.81. The number of aromatic amines is 1. The molecule has 2 rings (SSSR count). The van der Waals surface area contributed by atoms with Gasteiger partial charge in [0.25, 0.3) is 0 Å². The third kappa shape index (κ3) is 2.49. The highest BCUT2D eigenvalue weighted by Crippen LogP contribution is 2.31. The molecule has 0 bridgehead atoms. The van der Waals surface area contributed by atoms with Crippen LogP contribution in [0.2, 0.25) is 0 Å². The third-order valence-electron chi connectivity index (χ3n) is 3.53. The zero-order chi connectivity index (χ0) is 14.0. The summed E-state index contributed by atoms with van der Waals surface area (Å²) in [6.45, 7) is 6.82. The second-order valence-electron chi connectivity index (χ2n) is 4.76. The van der Waals surface area contributed by atoms with Gasteiger partial charge >= 0.3 is 0 Å². The normalized spacial score (nSPS) is 10.8. The molecule has 0 radical (unpaired) electrons. The molecule has 1 heterocycles. The Morgan fingerprint density at radius 3 is 2.58 bits per heavy atom. The van der Waals surface area contributed by atoms with E-state index in [4.69, 9.17) is 10.5 Å². The zero-order valence-corrected chi connectivity index (χ0v) is 12.0. The van der Waals surface area contributed by atoms with Gasteiger partial charge < -0.3 is 15.5 Å². The summed E-state index contributed by atoms with van der Waals surface area (Å²) in [6.07, 6.45) is 0.773. The summed E-state index contributed by atoms with van der Waals surface area (Å²) in [4.78, 5) is 7.95. The van der Waals surface area contributed by atoms with Crippen molar-refractivity contribution in [2.24, 2.45) is 5.73 Å². The Bertz CT molecular complexity index is 587. The monoisotopic (exact) mass is 259 g/mol. The first-order valence-corrected chi connectivity index (χ1v) is 6.48. The molecular weight excluding hydrogens is 238 g/mol. The Labute approximate surface area is 114 Å². The number of nitrogens with zero attached hydrogens (tertiary/aromatic N) is 1. The molecular formula is C15H21N3O. The lowest BCUT2D eigenvalue weighted by Gasteiger charge is -2.11. The van der Waals surface area contributed by atoms with Crippen LogP contribution in [0.4, 0.5) is 0 Å². The molecule has 0 aliphatic heterocycles. The van der Waals surface area contributed by atoms with Crippen LogP contribution >= 0.6 is 0 Å². The molecule has 0 saturated carbocycles. The molecule has 0 saturated heterocycles. The molecule has 102 valence electrons. The Kier molecular flexibility index (Phi) is 3.90. The Morgan fingerprint density at radius 2 is 1.95 bits per heavy atom. The maximum Gasteiger partial charge on any atom is 0.122 e. The number of ether oxygens (including phenoxy) is 1. The standard InChI is InChI=1S/C15H21N3O/c1-9-10(2)13(19-4)6-5-12(9)15-11(3)17-14(18-15)7-8-16/h5-6H,7-8,16H2,1-4H3,(H,17,18). The predicted octanol–water partition coefficient (Wildman–Crippen LogP) is 2.51. The number of hydrogen-bond donors (Lipinski definition) is 2. The van der Waals surface area contributed by atoms with Gasteiger partial charge in [0, 0.05) is 17.7 Å². The average Bonchev–Trinajstić information content (AvgIpc) is 2.74. The minimum Gasteiger partial charge on any atom is -0.496 e. The molecule has 1 aromatic carbocycles. The lowest BCUT2D eigenvalue weighted by Crippen LogP contribution is -2.03. The number of imidazole rings is 1. The Balaban J connectivity index is 2.50. The molecule has 0 aliphatic rings. The molecule has 3 N–H and O–H groups in total. The second kappa shape index (κ2) is 5.45. The largest absolute Gasteiger partial charge is 0.496 e. The van der Waals surface area contributed by atoms with E-state index in [0.717, 1.165) is 40.5 Å². The van der Waals surface area contributed by atoms with Crippen LogP contribution in [0.25, 0.3) is 11.3 Å². The lowest BCUT2D eigenvalue weighted by molar-refractivity contribution is 0.411. The minimum absolute atomic E-state index is 0.604. The van der Waals surface area contributed by atoms with Gasteiger partial charge in [-0.15, -0.1) is 0 Å². The van der Waals surface area contributed by atoms with E-state index in [1.165, 1.54) is 5.56 Å². The fraction of sp³-hybridized carbons (Fsp3) is 0.400. The van der Waals surface area contributed by atoms with Gasteiger partial charge in [0.1, 0.15) is 11.6 Å². The van der Waals surface area contributed by atoms with Gasteiger partial charge in [-0.2, -0.15) is 0 Å². The fourth-order valence-electron chi connectivity index (χ4n) is 2.31. The molecule has 2 aromatic rings. The minimum atomic E-state index is 0.604. The molecule has 1 aromatic heterocycles. The highest BCUT2D eigenvalue weighted by atomic mass is 16.5. The van der Waals surface area contributed by atoms with Crippen molar-refractivity contribution in [2.45, 2.75) is 27.2 Å². The van der Waals surface area contributed by atoms with Gasteiger partial charge in [0.2, 0.25) is 0 Å². The van der Waals surface area contributed by atoms with Crippen LogP contribution in [-0.4, -0.2) is 23.6 Å². The van der Waals surface area contributed by atoms with Crippen molar-refractivity contribution in [2.75, 3.05) is 13.7 Å². The predicted molar refractivity (Wildman–Crippen MR) is 77.5 cm³/mol. The number of nitrogens with two attached hydrogens (primary N) is 1. The first kappa shape index (κ1) is 13.6. The van der Waals surface area contributed by atoms with Crippen LogP contribution < -0.4 is 10.5 Å². The van der Waals surface area contributed by atoms with Crippen LogP contribution in [0.5, 0.6) is 5.75 Å². The van der Waals surface area contributed by atoms with Crippen LogP contribution in [0.1, 0.15) is 22.6 Å². The maximum atomic E-state index is 5.57. The number of aromatic nitrogens is 2. The van der Waals surface area contributed by atoms with Crippen molar-refractivity contribution < 1.29 is 4.74 Å². The van der Waals surface area contributed by atoms with Crippen LogP contribution in [0.15, 0.2) is 12.1 Å². The van der Waals surface area contributed by atoms with Crippen molar-refractivity contribution in [1.82, 2.24) is 9.97 Å². The maximum absolute atomic E-state index is 5.57. The van der Waals surface area contributed by atoms with Gasteiger partial charge in [0.15, 0.2) is 0 Å². The second-order valence-corrected chi connectivity index (χ2v) is 4.76. The van der Waals surface area contributed by atoms with Crippen LogP contribution in [0, 0.1) is 20.8 Å². The van der Waals surface area contributed by atoms with Crippen LogP contribution in [0.3, 0.4) is 0 Å². The molecule has 0 amide bonds. The molecule has 4 heteroatoms.